The van der Waals surface area contributed by atoms with Gasteiger partial charge in [-0.1, -0.05) is 6.07 Å². The number of nitrogens with one attached hydrogen (secondary N) is 1. The Kier molecular flexibility index (Phi) is 3.81. The third-order valence-electron chi connectivity index (χ3n) is 4.60. The van der Waals surface area contributed by atoms with Crippen molar-refractivity contribution in [1.29, 1.82) is 0 Å². The van der Waals surface area contributed by atoms with Gasteiger partial charge in [0.15, 0.2) is 6.04 Å². The van der Waals surface area contributed by atoms with E-state index in [0.29, 0.717) is 6.42 Å². The number of amides is 2. The number of carbonyl (C=O) groups excluding carboxylic acids is 2. The molecule has 2 aliphatic rings. The van der Waals surface area contributed by atoms with Crippen LogP contribution >= 0.6 is 0 Å². The molecule has 0 radical (unpaired) electrons. The van der Waals surface area contributed by atoms with Gasteiger partial charge in [-0.25, -0.2) is 4.90 Å². The van der Waals surface area contributed by atoms with Gasteiger partial charge in [0.2, 0.25) is 5.91 Å². The molecule has 112 valence electrons. The lowest BCUT2D eigenvalue weighted by atomic mass is 10.1. The van der Waals surface area contributed by atoms with Gasteiger partial charge in [0.05, 0.1) is 25.2 Å². The van der Waals surface area contributed by atoms with E-state index >= 15 is 0 Å². The standard InChI is InChI=1S/C17H22N2O2/c1-12-8-13(2)10-14(9-12)19-16(20)11-15(17(19)21)18-6-4-3-5-7-18/h8-10,15H,3-7,11H2,1-2H3/p+1/t15-/m0/s1. The first-order valence-corrected chi connectivity index (χ1v) is 7.86. The van der Waals surface area contributed by atoms with Crippen molar-refractivity contribution in [2.75, 3.05) is 18.0 Å². The number of hydrogen-bond donors (Lipinski definition) is 1. The van der Waals surface area contributed by atoms with Crippen LogP contribution in [0.4, 0.5) is 5.69 Å². The predicted octanol–water partition coefficient (Wildman–Crippen LogP) is 1.00. The number of hydrogen-bond acceptors (Lipinski definition) is 2. The average molecular weight is 287 g/mol. The van der Waals surface area contributed by atoms with E-state index in [1.54, 1.807) is 0 Å². The van der Waals surface area contributed by atoms with Gasteiger partial charge < -0.3 is 4.90 Å². The van der Waals surface area contributed by atoms with E-state index in [2.05, 4.69) is 6.07 Å². The van der Waals surface area contributed by atoms with Crippen molar-refractivity contribution < 1.29 is 14.5 Å². The summed E-state index contributed by atoms with van der Waals surface area (Å²) in [4.78, 5) is 27.8. The molecular formula is C17H23N2O2+. The molecule has 0 aromatic heterocycles. The SMILES string of the molecule is Cc1cc(C)cc(N2C(=O)C[C@H]([NH+]3CCCCC3)C2=O)c1. The minimum atomic E-state index is -0.168. The highest BCUT2D eigenvalue weighted by atomic mass is 16.2. The fourth-order valence-corrected chi connectivity index (χ4v) is 3.66. The summed E-state index contributed by atoms with van der Waals surface area (Å²) in [5.74, 6) is -0.0602. The highest BCUT2D eigenvalue weighted by Crippen LogP contribution is 2.24. The van der Waals surface area contributed by atoms with Crippen molar-refractivity contribution in [3.63, 3.8) is 0 Å². The summed E-state index contributed by atoms with van der Waals surface area (Å²) < 4.78 is 0. The molecule has 3 rings (SSSR count). The van der Waals surface area contributed by atoms with Gasteiger partial charge in [-0.05, 0) is 56.4 Å². The Morgan fingerprint density at radius 1 is 1.00 bits per heavy atom. The number of piperidine rings is 1. The van der Waals surface area contributed by atoms with Crippen molar-refractivity contribution >= 4 is 17.5 Å². The first kappa shape index (κ1) is 14.3. The Bertz CT molecular complexity index is 556. The smallest absolute Gasteiger partial charge is 0.292 e. The molecule has 2 amide bonds. The molecule has 0 unspecified atom stereocenters. The van der Waals surface area contributed by atoms with Crippen LogP contribution in [0, 0.1) is 13.8 Å². The van der Waals surface area contributed by atoms with Crippen LogP contribution in [0.2, 0.25) is 0 Å². The summed E-state index contributed by atoms with van der Waals surface area (Å²) >= 11 is 0. The number of anilines is 1. The summed E-state index contributed by atoms with van der Waals surface area (Å²) in [6.45, 7) is 6.03. The Balaban J connectivity index is 1.86. The molecule has 0 bridgehead atoms. The van der Waals surface area contributed by atoms with Gasteiger partial charge in [0.1, 0.15) is 0 Å². The van der Waals surface area contributed by atoms with Crippen LogP contribution in [-0.2, 0) is 9.59 Å². The van der Waals surface area contributed by atoms with E-state index in [-0.39, 0.29) is 17.9 Å². The molecule has 21 heavy (non-hydrogen) atoms. The number of quaternary nitrogens is 1. The zero-order chi connectivity index (χ0) is 15.0. The summed E-state index contributed by atoms with van der Waals surface area (Å²) in [6.07, 6.45) is 3.94. The minimum absolute atomic E-state index is 0.0121. The number of benzene rings is 1. The second kappa shape index (κ2) is 5.60. The van der Waals surface area contributed by atoms with E-state index in [1.165, 1.54) is 16.2 Å². The monoisotopic (exact) mass is 287 g/mol. The Labute approximate surface area is 125 Å². The topological polar surface area (TPSA) is 41.8 Å². The maximum atomic E-state index is 12.7. The molecule has 2 heterocycles. The zero-order valence-electron chi connectivity index (χ0n) is 12.8. The molecular weight excluding hydrogens is 264 g/mol. The van der Waals surface area contributed by atoms with Crippen molar-refractivity contribution in [2.45, 2.75) is 45.6 Å². The Morgan fingerprint density at radius 2 is 1.62 bits per heavy atom. The summed E-state index contributed by atoms with van der Waals surface area (Å²) in [5, 5.41) is 0. The van der Waals surface area contributed by atoms with Crippen LogP contribution in [0.1, 0.15) is 36.8 Å². The van der Waals surface area contributed by atoms with Crippen molar-refractivity contribution in [1.82, 2.24) is 0 Å². The van der Waals surface area contributed by atoms with Crippen LogP contribution in [-0.4, -0.2) is 30.9 Å². The lowest BCUT2D eigenvalue weighted by molar-refractivity contribution is -0.919. The van der Waals surface area contributed by atoms with Crippen molar-refractivity contribution in [3.8, 4) is 0 Å². The predicted molar refractivity (Wildman–Crippen MR) is 81.4 cm³/mol. The maximum Gasteiger partial charge on any atom is 0.292 e. The first-order chi connectivity index (χ1) is 10.1. The highest BCUT2D eigenvalue weighted by Gasteiger charge is 2.45. The molecule has 1 N–H and O–H groups in total. The third kappa shape index (κ3) is 2.72. The van der Waals surface area contributed by atoms with E-state index < -0.39 is 0 Å². The number of likely N-dealkylation sites (tertiary alicyclic amines) is 1. The second-order valence-electron chi connectivity index (χ2n) is 6.39. The van der Waals surface area contributed by atoms with Gasteiger partial charge in [0, 0.05) is 0 Å². The van der Waals surface area contributed by atoms with Crippen LogP contribution in [0.15, 0.2) is 18.2 Å². The van der Waals surface area contributed by atoms with E-state index in [9.17, 15) is 9.59 Å². The fourth-order valence-electron chi connectivity index (χ4n) is 3.66. The van der Waals surface area contributed by atoms with Gasteiger partial charge in [-0.3, -0.25) is 9.59 Å². The highest BCUT2D eigenvalue weighted by molar-refractivity contribution is 6.21. The van der Waals surface area contributed by atoms with E-state index in [1.807, 2.05) is 26.0 Å². The van der Waals surface area contributed by atoms with Crippen LogP contribution in [0.25, 0.3) is 0 Å². The van der Waals surface area contributed by atoms with Gasteiger partial charge in [-0.2, -0.15) is 0 Å². The molecule has 0 saturated carbocycles. The molecule has 4 nitrogen and oxygen atoms in total. The third-order valence-corrected chi connectivity index (χ3v) is 4.60. The summed E-state index contributed by atoms with van der Waals surface area (Å²) in [6, 6.07) is 5.74. The van der Waals surface area contributed by atoms with Gasteiger partial charge in [0.25, 0.3) is 5.91 Å². The van der Waals surface area contributed by atoms with Gasteiger partial charge >= 0.3 is 0 Å². The molecule has 1 aromatic carbocycles. The van der Waals surface area contributed by atoms with Crippen LogP contribution in [0.5, 0.6) is 0 Å². The Hall–Kier alpha value is -1.68. The molecule has 1 atom stereocenters. The molecule has 1 aromatic rings. The summed E-state index contributed by atoms with van der Waals surface area (Å²) in [7, 11) is 0. The summed E-state index contributed by atoms with van der Waals surface area (Å²) in [5.41, 5.74) is 2.90. The molecule has 0 spiro atoms. The molecule has 2 fully saturated rings. The first-order valence-electron chi connectivity index (χ1n) is 7.86. The normalized spacial score (nSPS) is 23.9. The van der Waals surface area contributed by atoms with E-state index in [0.717, 1.165) is 42.7 Å². The molecule has 4 heteroatoms. The fraction of sp³-hybridized carbons (Fsp3) is 0.529. The average Bonchev–Trinajstić information content (AvgIpc) is 2.74. The quantitative estimate of drug-likeness (QED) is 0.825. The van der Waals surface area contributed by atoms with Crippen molar-refractivity contribution in [3.05, 3.63) is 29.3 Å². The maximum absolute atomic E-state index is 12.7. The second-order valence-corrected chi connectivity index (χ2v) is 6.39. The number of imide groups is 1. The van der Waals surface area contributed by atoms with E-state index in [4.69, 9.17) is 0 Å². The minimum Gasteiger partial charge on any atom is -0.324 e. The van der Waals surface area contributed by atoms with Crippen molar-refractivity contribution in [2.24, 2.45) is 0 Å². The number of rotatable bonds is 2. The van der Waals surface area contributed by atoms with Crippen LogP contribution in [0.3, 0.4) is 0 Å². The van der Waals surface area contributed by atoms with Gasteiger partial charge in [-0.15, -0.1) is 0 Å². The zero-order valence-corrected chi connectivity index (χ0v) is 12.8. The lowest BCUT2D eigenvalue weighted by Gasteiger charge is -2.27. The number of nitrogens with zero attached hydrogens (tertiary/aromatic N) is 1. The molecule has 2 aliphatic heterocycles. The number of carbonyl (C=O) groups is 2. The van der Waals surface area contributed by atoms with Crippen LogP contribution < -0.4 is 9.80 Å². The Morgan fingerprint density at radius 3 is 2.24 bits per heavy atom. The molecule has 0 aliphatic carbocycles. The largest absolute Gasteiger partial charge is 0.324 e. The molecule has 2 saturated heterocycles. The number of aryl methyl sites for hydroxylation is 2. The lowest BCUT2D eigenvalue weighted by Crippen LogP contribution is -3.17.